The third-order valence-electron chi connectivity index (χ3n) is 2.33. The minimum Gasteiger partial charge on any atom is -0.363 e. The van der Waals surface area contributed by atoms with Crippen molar-refractivity contribution in [3.8, 4) is 0 Å². The highest BCUT2D eigenvalue weighted by Gasteiger charge is 2.13. The topological polar surface area (TPSA) is 71.3 Å². The third kappa shape index (κ3) is 3.74. The van der Waals surface area contributed by atoms with E-state index in [2.05, 4.69) is 10.3 Å². The van der Waals surface area contributed by atoms with Gasteiger partial charge < -0.3 is 10.2 Å². The van der Waals surface area contributed by atoms with Crippen LogP contribution in [0.4, 0.5) is 0 Å². The van der Waals surface area contributed by atoms with Crippen molar-refractivity contribution in [1.82, 2.24) is 15.2 Å². The molecular formula is C11H13ClN4O2. The number of nitro groups is 1. The zero-order chi connectivity index (χ0) is 12.1. The summed E-state index contributed by atoms with van der Waals surface area (Å²) in [4.78, 5) is 15.8. The third-order valence-corrected chi connectivity index (χ3v) is 2.33. The standard InChI is InChI=1S/C11H12N4O2.ClH/c16-15(17)9-11-13-4-1-7-14(11)8-10-2-5-12-6-3-10;/h1-3,5-7,9,13H,4,8H2;1H. The van der Waals surface area contributed by atoms with Gasteiger partial charge in [-0.3, -0.25) is 15.1 Å². The van der Waals surface area contributed by atoms with E-state index in [0.717, 1.165) is 11.8 Å². The van der Waals surface area contributed by atoms with Crippen LogP contribution in [-0.2, 0) is 6.54 Å². The Morgan fingerprint density at radius 2 is 2.22 bits per heavy atom. The van der Waals surface area contributed by atoms with Crippen molar-refractivity contribution in [2.24, 2.45) is 0 Å². The van der Waals surface area contributed by atoms with Gasteiger partial charge in [0.15, 0.2) is 5.82 Å². The molecule has 7 heteroatoms. The highest BCUT2D eigenvalue weighted by Crippen LogP contribution is 2.12. The van der Waals surface area contributed by atoms with Crippen LogP contribution in [0.2, 0.25) is 0 Å². The molecule has 0 atom stereocenters. The van der Waals surface area contributed by atoms with Gasteiger partial charge >= 0.3 is 0 Å². The molecule has 0 aliphatic carbocycles. The first kappa shape index (κ1) is 14.0. The summed E-state index contributed by atoms with van der Waals surface area (Å²) >= 11 is 0. The molecule has 0 fully saturated rings. The van der Waals surface area contributed by atoms with E-state index in [4.69, 9.17) is 0 Å². The first-order valence-electron chi connectivity index (χ1n) is 5.17. The molecule has 6 nitrogen and oxygen atoms in total. The summed E-state index contributed by atoms with van der Waals surface area (Å²) in [5.41, 5.74) is 1.04. The Morgan fingerprint density at radius 3 is 2.89 bits per heavy atom. The molecule has 1 N–H and O–H groups in total. The van der Waals surface area contributed by atoms with Crippen molar-refractivity contribution in [3.05, 3.63) is 64.5 Å². The second-order valence-electron chi connectivity index (χ2n) is 3.55. The van der Waals surface area contributed by atoms with Gasteiger partial charge in [-0.1, -0.05) is 0 Å². The van der Waals surface area contributed by atoms with Gasteiger partial charge in [-0.2, -0.15) is 0 Å². The van der Waals surface area contributed by atoms with Gasteiger partial charge in [0.1, 0.15) is 0 Å². The van der Waals surface area contributed by atoms with Crippen molar-refractivity contribution in [2.75, 3.05) is 6.54 Å². The van der Waals surface area contributed by atoms with E-state index in [0.29, 0.717) is 18.9 Å². The predicted octanol–water partition coefficient (Wildman–Crippen LogP) is 1.50. The molecule has 0 spiro atoms. The average Bonchev–Trinajstić information content (AvgIpc) is 2.32. The maximum atomic E-state index is 10.5. The van der Waals surface area contributed by atoms with Crippen molar-refractivity contribution < 1.29 is 4.92 Å². The van der Waals surface area contributed by atoms with Gasteiger partial charge in [-0.05, 0) is 23.8 Å². The molecule has 0 bridgehead atoms. The number of nitrogens with zero attached hydrogens (tertiary/aromatic N) is 3. The van der Waals surface area contributed by atoms with Crippen LogP contribution in [0, 0.1) is 10.1 Å². The Morgan fingerprint density at radius 1 is 1.50 bits per heavy atom. The molecule has 0 radical (unpaired) electrons. The smallest absolute Gasteiger partial charge is 0.274 e. The number of halogens is 1. The molecule has 1 aromatic heterocycles. The Hall–Kier alpha value is -2.08. The van der Waals surface area contributed by atoms with Crippen LogP contribution in [-0.4, -0.2) is 21.4 Å². The first-order chi connectivity index (χ1) is 8.25. The quantitative estimate of drug-likeness (QED) is 0.664. The lowest BCUT2D eigenvalue weighted by atomic mass is 10.2. The highest BCUT2D eigenvalue weighted by molar-refractivity contribution is 5.85. The molecule has 1 aliphatic heterocycles. The summed E-state index contributed by atoms with van der Waals surface area (Å²) in [6.45, 7) is 1.18. The molecular weight excluding hydrogens is 256 g/mol. The first-order valence-corrected chi connectivity index (χ1v) is 5.17. The van der Waals surface area contributed by atoms with Crippen molar-refractivity contribution in [3.63, 3.8) is 0 Å². The predicted molar refractivity (Wildman–Crippen MR) is 69.2 cm³/mol. The Kier molecular flexibility index (Phi) is 5.13. The second kappa shape index (κ2) is 6.61. The minimum atomic E-state index is -0.457. The molecule has 0 amide bonds. The molecule has 18 heavy (non-hydrogen) atoms. The van der Waals surface area contributed by atoms with E-state index in [-0.39, 0.29) is 12.4 Å². The van der Waals surface area contributed by atoms with Crippen molar-refractivity contribution in [2.45, 2.75) is 6.54 Å². The van der Waals surface area contributed by atoms with Crippen molar-refractivity contribution >= 4 is 12.4 Å². The molecule has 0 unspecified atom stereocenters. The van der Waals surface area contributed by atoms with Gasteiger partial charge in [-0.15, -0.1) is 12.4 Å². The summed E-state index contributed by atoms with van der Waals surface area (Å²) in [6.07, 6.45) is 8.13. The van der Waals surface area contributed by atoms with Crippen LogP contribution >= 0.6 is 12.4 Å². The van der Waals surface area contributed by atoms with E-state index in [9.17, 15) is 10.1 Å². The van der Waals surface area contributed by atoms with E-state index in [1.807, 2.05) is 24.4 Å². The van der Waals surface area contributed by atoms with Gasteiger partial charge in [0.25, 0.3) is 6.20 Å². The number of hydrogen-bond donors (Lipinski definition) is 1. The van der Waals surface area contributed by atoms with Crippen LogP contribution < -0.4 is 5.32 Å². The Labute approximate surface area is 111 Å². The molecule has 2 rings (SSSR count). The second-order valence-corrected chi connectivity index (χ2v) is 3.55. The van der Waals surface area contributed by atoms with E-state index in [1.54, 1.807) is 17.3 Å². The normalized spacial score (nSPS) is 16.0. The number of pyridine rings is 1. The summed E-state index contributed by atoms with van der Waals surface area (Å²) in [5, 5.41) is 13.5. The molecule has 2 heterocycles. The molecule has 0 saturated carbocycles. The number of aromatic nitrogens is 1. The SMILES string of the molecule is Cl.O=[N+]([O-])C=C1NCC=CN1Cc1ccncc1. The minimum absolute atomic E-state index is 0. The lowest BCUT2D eigenvalue weighted by Crippen LogP contribution is -2.32. The Balaban J connectivity index is 0.00000162. The molecule has 1 aliphatic rings. The molecule has 1 aromatic rings. The summed E-state index contributed by atoms with van der Waals surface area (Å²) in [6, 6.07) is 3.76. The maximum Gasteiger partial charge on any atom is 0.274 e. The monoisotopic (exact) mass is 268 g/mol. The number of nitrogens with one attached hydrogen (secondary N) is 1. The van der Waals surface area contributed by atoms with Crippen LogP contribution in [0.25, 0.3) is 0 Å². The van der Waals surface area contributed by atoms with E-state index < -0.39 is 4.92 Å². The molecule has 0 aromatic carbocycles. The van der Waals surface area contributed by atoms with E-state index in [1.165, 1.54) is 0 Å². The van der Waals surface area contributed by atoms with Crippen LogP contribution in [0.1, 0.15) is 5.56 Å². The van der Waals surface area contributed by atoms with Crippen molar-refractivity contribution in [1.29, 1.82) is 0 Å². The zero-order valence-corrected chi connectivity index (χ0v) is 10.3. The maximum absolute atomic E-state index is 10.5. The van der Waals surface area contributed by atoms with Gasteiger partial charge in [0.05, 0.1) is 4.92 Å². The summed E-state index contributed by atoms with van der Waals surface area (Å²) in [7, 11) is 0. The largest absolute Gasteiger partial charge is 0.363 e. The lowest BCUT2D eigenvalue weighted by Gasteiger charge is -2.25. The van der Waals surface area contributed by atoms with E-state index >= 15 is 0 Å². The lowest BCUT2D eigenvalue weighted by molar-refractivity contribution is -0.404. The number of rotatable bonds is 3. The fourth-order valence-electron chi connectivity index (χ4n) is 1.57. The zero-order valence-electron chi connectivity index (χ0n) is 9.52. The number of hydrogen-bond acceptors (Lipinski definition) is 5. The van der Waals surface area contributed by atoms with Crippen LogP contribution in [0.3, 0.4) is 0 Å². The van der Waals surface area contributed by atoms with Gasteiger partial charge in [0.2, 0.25) is 0 Å². The van der Waals surface area contributed by atoms with Gasteiger partial charge in [0, 0.05) is 31.7 Å². The van der Waals surface area contributed by atoms with Crippen LogP contribution in [0.15, 0.2) is 48.8 Å². The summed E-state index contributed by atoms with van der Waals surface area (Å²) < 4.78 is 0. The van der Waals surface area contributed by atoms with Gasteiger partial charge in [-0.25, -0.2) is 0 Å². The summed E-state index contributed by atoms with van der Waals surface area (Å²) in [5.74, 6) is 0.495. The fourth-order valence-corrected chi connectivity index (χ4v) is 1.57. The Bertz CT molecular complexity index is 461. The highest BCUT2D eigenvalue weighted by atomic mass is 35.5. The molecule has 96 valence electrons. The van der Waals surface area contributed by atoms with Crippen LogP contribution in [0.5, 0.6) is 0 Å². The average molecular weight is 269 g/mol. The fraction of sp³-hybridized carbons (Fsp3) is 0.182. The molecule has 0 saturated heterocycles.